The van der Waals surface area contributed by atoms with Gasteiger partial charge in [0.1, 0.15) is 0 Å². The fraction of sp³-hybridized carbons (Fsp3) is 0.136. The summed E-state index contributed by atoms with van der Waals surface area (Å²) in [6.07, 6.45) is 0. The average Bonchev–Trinajstić information content (AvgIpc) is 2.74. The Balaban J connectivity index is 1.81. The highest BCUT2D eigenvalue weighted by atomic mass is 32.2. The number of hydrogen-bond donors (Lipinski definition) is 1. The van der Waals surface area contributed by atoms with Gasteiger partial charge in [-0.1, -0.05) is 48.5 Å². The number of benzene rings is 3. The van der Waals surface area contributed by atoms with Crippen LogP contribution in [-0.2, 0) is 16.6 Å². The van der Waals surface area contributed by atoms with Crippen LogP contribution in [0.15, 0.2) is 89.8 Å². The summed E-state index contributed by atoms with van der Waals surface area (Å²) >= 11 is 0. The first-order valence-electron chi connectivity index (χ1n) is 9.08. The molecule has 0 aliphatic carbocycles. The summed E-state index contributed by atoms with van der Waals surface area (Å²) in [6.45, 7) is 0.490. The van der Waals surface area contributed by atoms with Crippen LogP contribution in [0, 0.1) is 0 Å². The standard InChI is InChI=1S/C22H23N3O3S/c1-24(2)29(27,28)21-15-13-19(14-16-21)22(26)23-25(20-11-7-4-8-12-20)17-18-9-5-3-6-10-18/h3-16H,17H2,1-2H3,(H,23,26). The molecule has 6 nitrogen and oxygen atoms in total. The molecule has 0 aliphatic rings. The van der Waals surface area contributed by atoms with Crippen LogP contribution in [-0.4, -0.2) is 32.7 Å². The third kappa shape index (κ3) is 5.01. The quantitative estimate of drug-likeness (QED) is 0.608. The van der Waals surface area contributed by atoms with Crippen molar-refractivity contribution in [3.8, 4) is 0 Å². The molecule has 3 aromatic rings. The van der Waals surface area contributed by atoms with Crippen molar-refractivity contribution in [2.24, 2.45) is 0 Å². The van der Waals surface area contributed by atoms with Gasteiger partial charge < -0.3 is 0 Å². The van der Waals surface area contributed by atoms with E-state index in [1.54, 1.807) is 5.01 Å². The molecule has 0 aromatic heterocycles. The Hall–Kier alpha value is -3.16. The van der Waals surface area contributed by atoms with Gasteiger partial charge in [-0.2, -0.15) is 0 Å². The summed E-state index contributed by atoms with van der Waals surface area (Å²) in [6, 6.07) is 25.3. The van der Waals surface area contributed by atoms with Gasteiger partial charge >= 0.3 is 0 Å². The molecule has 0 saturated heterocycles. The van der Waals surface area contributed by atoms with E-state index in [1.807, 2.05) is 60.7 Å². The van der Waals surface area contributed by atoms with Gasteiger partial charge in [-0.05, 0) is 42.0 Å². The fourth-order valence-corrected chi connectivity index (χ4v) is 3.65. The monoisotopic (exact) mass is 409 g/mol. The molecule has 0 atom stereocenters. The summed E-state index contributed by atoms with van der Waals surface area (Å²) in [5, 5.41) is 1.77. The molecule has 3 aromatic carbocycles. The summed E-state index contributed by atoms with van der Waals surface area (Å²) in [5.41, 5.74) is 5.17. The maximum Gasteiger partial charge on any atom is 0.269 e. The minimum absolute atomic E-state index is 0.142. The zero-order valence-corrected chi connectivity index (χ0v) is 17.1. The normalized spacial score (nSPS) is 11.3. The number of sulfonamides is 1. The first-order chi connectivity index (χ1) is 13.9. The van der Waals surface area contributed by atoms with E-state index in [4.69, 9.17) is 0 Å². The first kappa shape index (κ1) is 20.6. The lowest BCUT2D eigenvalue weighted by Crippen LogP contribution is -2.42. The van der Waals surface area contributed by atoms with E-state index >= 15 is 0 Å². The van der Waals surface area contributed by atoms with E-state index in [1.165, 1.54) is 38.4 Å². The number of hydrogen-bond acceptors (Lipinski definition) is 4. The molecule has 0 spiro atoms. The first-order valence-corrected chi connectivity index (χ1v) is 10.5. The van der Waals surface area contributed by atoms with Gasteiger partial charge in [0.2, 0.25) is 10.0 Å². The molecule has 1 N–H and O–H groups in total. The highest BCUT2D eigenvalue weighted by Gasteiger charge is 2.18. The van der Waals surface area contributed by atoms with E-state index in [0.29, 0.717) is 12.1 Å². The average molecular weight is 410 g/mol. The van der Waals surface area contributed by atoms with Crippen molar-refractivity contribution in [3.63, 3.8) is 0 Å². The van der Waals surface area contributed by atoms with Crippen LogP contribution in [0.4, 0.5) is 5.69 Å². The molecule has 0 heterocycles. The fourth-order valence-electron chi connectivity index (χ4n) is 2.75. The Morgan fingerprint density at radius 2 is 1.38 bits per heavy atom. The topological polar surface area (TPSA) is 69.7 Å². The van der Waals surface area contributed by atoms with E-state index in [2.05, 4.69) is 5.43 Å². The minimum atomic E-state index is -3.53. The molecule has 0 aliphatic heterocycles. The van der Waals surface area contributed by atoms with Crippen molar-refractivity contribution >= 4 is 21.6 Å². The zero-order valence-electron chi connectivity index (χ0n) is 16.3. The zero-order chi connectivity index (χ0) is 20.9. The maximum atomic E-state index is 12.8. The Bertz CT molecular complexity index is 1050. The molecule has 29 heavy (non-hydrogen) atoms. The van der Waals surface area contributed by atoms with Gasteiger partial charge in [0.05, 0.1) is 17.1 Å². The number of carbonyl (C=O) groups excluding carboxylic acids is 1. The van der Waals surface area contributed by atoms with Crippen LogP contribution >= 0.6 is 0 Å². The number of nitrogens with one attached hydrogen (secondary N) is 1. The molecule has 0 saturated carbocycles. The van der Waals surface area contributed by atoms with Gasteiger partial charge in [0, 0.05) is 19.7 Å². The highest BCUT2D eigenvalue weighted by molar-refractivity contribution is 7.89. The Morgan fingerprint density at radius 3 is 1.93 bits per heavy atom. The van der Waals surface area contributed by atoms with Crippen LogP contribution in [0.2, 0.25) is 0 Å². The Morgan fingerprint density at radius 1 is 0.828 bits per heavy atom. The third-order valence-corrected chi connectivity index (χ3v) is 6.21. The van der Waals surface area contributed by atoms with E-state index in [9.17, 15) is 13.2 Å². The molecule has 3 rings (SSSR count). The van der Waals surface area contributed by atoms with Gasteiger partial charge in [-0.3, -0.25) is 15.2 Å². The van der Waals surface area contributed by atoms with Gasteiger partial charge in [0.25, 0.3) is 5.91 Å². The molecular formula is C22H23N3O3S. The van der Waals surface area contributed by atoms with Crippen molar-refractivity contribution < 1.29 is 13.2 Å². The predicted molar refractivity (Wildman–Crippen MR) is 114 cm³/mol. The molecule has 0 unspecified atom stereocenters. The number of nitrogens with zero attached hydrogens (tertiary/aromatic N) is 2. The predicted octanol–water partition coefficient (Wildman–Crippen LogP) is 3.29. The second-order valence-electron chi connectivity index (χ2n) is 6.66. The molecule has 0 radical (unpaired) electrons. The second kappa shape index (κ2) is 8.89. The largest absolute Gasteiger partial charge is 0.281 e. The summed E-state index contributed by atoms with van der Waals surface area (Å²) in [7, 11) is -0.596. The molecule has 1 amide bonds. The van der Waals surface area contributed by atoms with Crippen molar-refractivity contribution in [2.75, 3.05) is 19.1 Å². The van der Waals surface area contributed by atoms with Crippen molar-refractivity contribution in [3.05, 3.63) is 96.1 Å². The number of para-hydroxylation sites is 1. The van der Waals surface area contributed by atoms with Crippen molar-refractivity contribution in [1.29, 1.82) is 0 Å². The number of amides is 1. The minimum Gasteiger partial charge on any atom is -0.281 e. The summed E-state index contributed by atoms with van der Waals surface area (Å²) in [5.74, 6) is -0.321. The molecule has 7 heteroatoms. The lowest BCUT2D eigenvalue weighted by atomic mass is 10.2. The van der Waals surface area contributed by atoms with Crippen LogP contribution < -0.4 is 10.4 Å². The lowest BCUT2D eigenvalue weighted by Gasteiger charge is -2.25. The highest BCUT2D eigenvalue weighted by Crippen LogP contribution is 2.17. The number of rotatable bonds is 7. The second-order valence-corrected chi connectivity index (χ2v) is 8.81. The van der Waals surface area contributed by atoms with Crippen LogP contribution in [0.5, 0.6) is 0 Å². The SMILES string of the molecule is CN(C)S(=O)(=O)c1ccc(C(=O)NN(Cc2ccccc2)c2ccccc2)cc1. The number of carbonyl (C=O) groups is 1. The molecule has 150 valence electrons. The van der Waals surface area contributed by atoms with Crippen molar-refractivity contribution in [1.82, 2.24) is 9.73 Å². The van der Waals surface area contributed by atoms with Gasteiger partial charge in [-0.25, -0.2) is 12.7 Å². The van der Waals surface area contributed by atoms with Gasteiger partial charge in [-0.15, -0.1) is 0 Å². The summed E-state index contributed by atoms with van der Waals surface area (Å²) < 4.78 is 25.5. The van der Waals surface area contributed by atoms with Crippen LogP contribution in [0.25, 0.3) is 0 Å². The summed E-state index contributed by atoms with van der Waals surface area (Å²) in [4.78, 5) is 12.9. The molecular weight excluding hydrogens is 386 g/mol. The van der Waals surface area contributed by atoms with E-state index < -0.39 is 10.0 Å². The molecule has 0 fully saturated rings. The van der Waals surface area contributed by atoms with E-state index in [-0.39, 0.29) is 10.8 Å². The van der Waals surface area contributed by atoms with Crippen molar-refractivity contribution in [2.45, 2.75) is 11.4 Å². The number of anilines is 1. The maximum absolute atomic E-state index is 12.8. The van der Waals surface area contributed by atoms with Crippen LogP contribution in [0.3, 0.4) is 0 Å². The Kier molecular flexibility index (Phi) is 6.31. The third-order valence-electron chi connectivity index (χ3n) is 4.38. The van der Waals surface area contributed by atoms with Crippen LogP contribution in [0.1, 0.15) is 15.9 Å². The lowest BCUT2D eigenvalue weighted by molar-refractivity contribution is 0.0948. The molecule has 0 bridgehead atoms. The number of hydrazine groups is 1. The van der Waals surface area contributed by atoms with Gasteiger partial charge in [0.15, 0.2) is 0 Å². The Labute approximate surface area is 171 Å². The van der Waals surface area contributed by atoms with E-state index in [0.717, 1.165) is 15.6 Å². The smallest absolute Gasteiger partial charge is 0.269 e.